The number of halogens is 2. The molecule has 0 aliphatic heterocycles. The van der Waals surface area contributed by atoms with Gasteiger partial charge in [-0.05, 0) is 37.1 Å². The second-order valence-corrected chi connectivity index (χ2v) is 4.74. The summed E-state index contributed by atoms with van der Waals surface area (Å²) in [6, 6.07) is 5.06. The normalized spacial score (nSPS) is 12.0. The second-order valence-electron chi connectivity index (χ2n) is 3.74. The third-order valence-electron chi connectivity index (χ3n) is 2.43. The monoisotopic (exact) mass is 332 g/mol. The number of hydrogen-bond donors (Lipinski definition) is 0. The molecule has 1 unspecified atom stereocenters. The average molecular weight is 334 g/mol. The maximum Gasteiger partial charge on any atom is 0.338 e. The highest BCUT2D eigenvalue weighted by atomic mass is 79.9. The highest BCUT2D eigenvalue weighted by Crippen LogP contribution is 2.28. The van der Waals surface area contributed by atoms with Crippen LogP contribution in [0.4, 0.5) is 0 Å². The second kappa shape index (κ2) is 6.90. The van der Waals surface area contributed by atoms with Gasteiger partial charge >= 0.3 is 5.97 Å². The molecule has 5 heteroatoms. The van der Waals surface area contributed by atoms with Crippen molar-refractivity contribution in [3.63, 3.8) is 0 Å². The smallest absolute Gasteiger partial charge is 0.338 e. The molecule has 0 N–H and O–H groups in total. The van der Waals surface area contributed by atoms with Gasteiger partial charge in [0.1, 0.15) is 5.38 Å². The maximum atomic E-state index is 11.6. The topological polar surface area (TPSA) is 43.4 Å². The van der Waals surface area contributed by atoms with Crippen LogP contribution in [-0.2, 0) is 14.9 Å². The van der Waals surface area contributed by atoms with E-state index in [2.05, 4.69) is 15.9 Å². The molecule has 0 heterocycles. The molecule has 98 valence electrons. The summed E-state index contributed by atoms with van der Waals surface area (Å²) < 4.78 is 4.92. The lowest BCUT2D eigenvalue weighted by Crippen LogP contribution is -2.09. The van der Waals surface area contributed by atoms with E-state index < -0.39 is 11.3 Å². The zero-order valence-electron chi connectivity index (χ0n) is 10.2. The molecule has 3 nitrogen and oxygen atoms in total. The van der Waals surface area contributed by atoms with E-state index in [1.807, 2.05) is 0 Å². The summed E-state index contributed by atoms with van der Waals surface area (Å²) in [5.41, 5.74) is 1.94. The number of esters is 1. The van der Waals surface area contributed by atoms with Crippen LogP contribution in [-0.4, -0.2) is 18.4 Å². The summed E-state index contributed by atoms with van der Waals surface area (Å²) in [4.78, 5) is 23.0. The fraction of sp³-hybridized carbons (Fsp3) is 0.385. The van der Waals surface area contributed by atoms with Crippen LogP contribution in [0.15, 0.2) is 18.2 Å². The maximum absolute atomic E-state index is 11.6. The van der Waals surface area contributed by atoms with Crippen LogP contribution in [0.5, 0.6) is 0 Å². The van der Waals surface area contributed by atoms with Crippen LogP contribution in [0.1, 0.15) is 40.7 Å². The minimum atomic E-state index is -0.744. The van der Waals surface area contributed by atoms with Crippen LogP contribution in [0.2, 0.25) is 0 Å². The molecule has 0 aromatic heterocycles. The lowest BCUT2D eigenvalue weighted by molar-refractivity contribution is -0.116. The Morgan fingerprint density at radius 2 is 2.11 bits per heavy atom. The van der Waals surface area contributed by atoms with Gasteiger partial charge in [-0.25, -0.2) is 4.79 Å². The Bertz CT molecular complexity index is 460. The molecule has 1 aromatic carbocycles. The van der Waals surface area contributed by atoms with Gasteiger partial charge in [0.05, 0.1) is 12.2 Å². The first-order chi connectivity index (χ1) is 8.51. The zero-order valence-corrected chi connectivity index (χ0v) is 12.5. The van der Waals surface area contributed by atoms with E-state index in [1.165, 1.54) is 6.92 Å². The van der Waals surface area contributed by atoms with Gasteiger partial charge < -0.3 is 4.74 Å². The fourth-order valence-corrected chi connectivity index (χ4v) is 2.23. The molecule has 0 spiro atoms. The van der Waals surface area contributed by atoms with Crippen LogP contribution in [0.25, 0.3) is 0 Å². The summed E-state index contributed by atoms with van der Waals surface area (Å²) in [5.74, 6) is -0.563. The van der Waals surface area contributed by atoms with Crippen LogP contribution >= 0.6 is 27.5 Å². The molecule has 0 bridgehead atoms. The minimum absolute atomic E-state index is 0.153. The van der Waals surface area contributed by atoms with Crippen molar-refractivity contribution in [2.75, 3.05) is 6.61 Å². The first kappa shape index (κ1) is 15.2. The average Bonchev–Trinajstić information content (AvgIpc) is 2.37. The Hall–Kier alpha value is -0.870. The van der Waals surface area contributed by atoms with Crippen molar-refractivity contribution >= 4 is 39.3 Å². The molecule has 0 saturated carbocycles. The first-order valence-electron chi connectivity index (χ1n) is 5.51. The number of alkyl halides is 2. The Morgan fingerprint density at radius 1 is 1.44 bits per heavy atom. The van der Waals surface area contributed by atoms with E-state index in [9.17, 15) is 9.59 Å². The number of carbonyl (C=O) groups is 2. The molecule has 1 aromatic rings. The van der Waals surface area contributed by atoms with Gasteiger partial charge in [-0.3, -0.25) is 4.79 Å². The molecule has 0 fully saturated rings. The molecular weight excluding hydrogens is 319 g/mol. The summed E-state index contributed by atoms with van der Waals surface area (Å²) in [6.45, 7) is 3.48. The van der Waals surface area contributed by atoms with Crippen molar-refractivity contribution in [3.05, 3.63) is 34.9 Å². The van der Waals surface area contributed by atoms with Crippen molar-refractivity contribution in [3.8, 4) is 0 Å². The fourth-order valence-electron chi connectivity index (χ4n) is 1.51. The van der Waals surface area contributed by atoms with E-state index in [1.54, 1.807) is 25.1 Å². The minimum Gasteiger partial charge on any atom is -0.462 e. The highest BCUT2D eigenvalue weighted by molar-refractivity contribution is 9.08. The Morgan fingerprint density at radius 3 is 2.61 bits per heavy atom. The first-order valence-corrected chi connectivity index (χ1v) is 7.07. The quantitative estimate of drug-likeness (QED) is 0.610. The third-order valence-corrected chi connectivity index (χ3v) is 3.58. The van der Waals surface area contributed by atoms with E-state index in [0.717, 1.165) is 5.56 Å². The van der Waals surface area contributed by atoms with Gasteiger partial charge in [-0.2, -0.15) is 0 Å². The number of carbonyl (C=O) groups excluding carboxylic acids is 2. The SMILES string of the molecule is CCOC(=O)c1ccc(CBr)c(C(Cl)C(C)=O)c1. The van der Waals surface area contributed by atoms with E-state index >= 15 is 0 Å². The molecule has 0 aliphatic rings. The molecule has 18 heavy (non-hydrogen) atoms. The number of rotatable bonds is 5. The third kappa shape index (κ3) is 3.56. The molecule has 0 radical (unpaired) electrons. The van der Waals surface area contributed by atoms with Crippen molar-refractivity contribution < 1.29 is 14.3 Å². The van der Waals surface area contributed by atoms with Crippen molar-refractivity contribution in [1.82, 2.24) is 0 Å². The van der Waals surface area contributed by atoms with Crippen LogP contribution < -0.4 is 0 Å². The Balaban J connectivity index is 3.17. The summed E-state index contributed by atoms with van der Waals surface area (Å²) in [7, 11) is 0. The summed E-state index contributed by atoms with van der Waals surface area (Å²) in [6.07, 6.45) is 0. The number of ether oxygens (including phenoxy) is 1. The summed E-state index contributed by atoms with van der Waals surface area (Å²) in [5, 5.41) is -0.172. The van der Waals surface area contributed by atoms with Gasteiger partial charge in [-0.15, -0.1) is 11.6 Å². The van der Waals surface area contributed by atoms with Crippen molar-refractivity contribution in [2.24, 2.45) is 0 Å². The van der Waals surface area contributed by atoms with E-state index in [4.69, 9.17) is 16.3 Å². The number of hydrogen-bond acceptors (Lipinski definition) is 3. The molecular formula is C13H14BrClO3. The van der Waals surface area contributed by atoms with Crippen LogP contribution in [0, 0.1) is 0 Å². The largest absolute Gasteiger partial charge is 0.462 e. The zero-order chi connectivity index (χ0) is 13.7. The van der Waals surface area contributed by atoms with Crippen molar-refractivity contribution in [2.45, 2.75) is 24.6 Å². The van der Waals surface area contributed by atoms with E-state index in [0.29, 0.717) is 23.1 Å². The molecule has 0 amide bonds. The van der Waals surface area contributed by atoms with Crippen LogP contribution in [0.3, 0.4) is 0 Å². The van der Waals surface area contributed by atoms with Crippen molar-refractivity contribution in [1.29, 1.82) is 0 Å². The van der Waals surface area contributed by atoms with E-state index in [-0.39, 0.29) is 5.78 Å². The molecule has 0 saturated heterocycles. The number of Topliss-reactive ketones (excluding diaryl/α,β-unsaturated/α-hetero) is 1. The van der Waals surface area contributed by atoms with Gasteiger partial charge in [0.15, 0.2) is 5.78 Å². The van der Waals surface area contributed by atoms with Gasteiger partial charge in [0.25, 0.3) is 0 Å². The predicted molar refractivity (Wildman–Crippen MR) is 74.3 cm³/mol. The number of ketones is 1. The molecule has 1 atom stereocenters. The van der Waals surface area contributed by atoms with Gasteiger partial charge in [-0.1, -0.05) is 22.0 Å². The predicted octanol–water partition coefficient (Wildman–Crippen LogP) is 3.63. The standard InChI is InChI=1S/C13H14BrClO3/c1-3-18-13(17)9-4-5-10(7-14)11(6-9)12(15)8(2)16/h4-6,12H,3,7H2,1-2H3. The Labute approximate surface area is 120 Å². The molecule has 0 aliphatic carbocycles. The van der Waals surface area contributed by atoms with Gasteiger partial charge in [0.2, 0.25) is 0 Å². The molecule has 1 rings (SSSR count). The Kier molecular flexibility index (Phi) is 5.82. The van der Waals surface area contributed by atoms with Gasteiger partial charge in [0, 0.05) is 5.33 Å². The number of benzene rings is 1. The lowest BCUT2D eigenvalue weighted by atomic mass is 10.0. The summed E-state index contributed by atoms with van der Waals surface area (Å²) >= 11 is 9.39. The lowest BCUT2D eigenvalue weighted by Gasteiger charge is -2.12. The highest BCUT2D eigenvalue weighted by Gasteiger charge is 2.19.